The van der Waals surface area contributed by atoms with E-state index in [0.29, 0.717) is 0 Å². The van der Waals surface area contributed by atoms with Crippen LogP contribution in [0.3, 0.4) is 0 Å². The fourth-order valence-electron chi connectivity index (χ4n) is 2.48. The van der Waals surface area contributed by atoms with Crippen LogP contribution in [-0.2, 0) is 19.9 Å². The van der Waals surface area contributed by atoms with Gasteiger partial charge in [-0.1, -0.05) is 26.0 Å². The maximum Gasteiger partial charge on any atom is 0.251 e. The van der Waals surface area contributed by atoms with Crippen molar-refractivity contribution in [1.29, 1.82) is 0 Å². The van der Waals surface area contributed by atoms with Crippen LogP contribution in [0.4, 0.5) is 0 Å². The lowest BCUT2D eigenvalue weighted by molar-refractivity contribution is 0.0934. The third-order valence-corrected chi connectivity index (χ3v) is 6.85. The summed E-state index contributed by atoms with van der Waals surface area (Å²) in [6.45, 7) is 3.92. The molecule has 0 spiro atoms. The molecule has 0 aromatic heterocycles. The first-order valence-electron chi connectivity index (χ1n) is 8.01. The second-order valence-electron chi connectivity index (χ2n) is 5.90. The zero-order valence-corrected chi connectivity index (χ0v) is 15.7. The predicted octanol–water partition coefficient (Wildman–Crippen LogP) is 1.19. The molecule has 0 fully saturated rings. The molecule has 1 amide bonds. The molecule has 1 aromatic carbocycles. The average Bonchev–Trinajstić information content (AvgIpc) is 2.90. The Balaban J connectivity index is 2.17. The van der Waals surface area contributed by atoms with E-state index >= 15 is 0 Å². The molecule has 0 aliphatic carbocycles. The minimum absolute atomic E-state index is 0.0275. The fourth-order valence-corrected chi connectivity index (χ4v) is 5.06. The lowest BCUT2D eigenvalue weighted by Crippen LogP contribution is -2.36. The van der Waals surface area contributed by atoms with Crippen molar-refractivity contribution in [2.24, 2.45) is 0 Å². The maximum atomic E-state index is 12.4. The Morgan fingerprint density at radius 1 is 1.28 bits per heavy atom. The first-order chi connectivity index (χ1) is 11.7. The number of nitrogens with one attached hydrogen (secondary N) is 2. The lowest BCUT2D eigenvalue weighted by Gasteiger charge is -2.15. The van der Waals surface area contributed by atoms with Crippen molar-refractivity contribution in [3.63, 3.8) is 0 Å². The molecule has 0 saturated carbocycles. The number of benzene rings is 1. The van der Waals surface area contributed by atoms with Gasteiger partial charge in [0, 0.05) is 17.0 Å². The third-order valence-electron chi connectivity index (χ3n) is 3.96. The van der Waals surface area contributed by atoms with Crippen LogP contribution in [0.15, 0.2) is 40.6 Å². The smallest absolute Gasteiger partial charge is 0.251 e. The van der Waals surface area contributed by atoms with Gasteiger partial charge in [-0.3, -0.25) is 4.79 Å². The number of amides is 1. The summed E-state index contributed by atoms with van der Waals surface area (Å²) in [6, 6.07) is 4.89. The van der Waals surface area contributed by atoms with Crippen molar-refractivity contribution in [3.05, 3.63) is 41.3 Å². The Labute approximate surface area is 148 Å². The minimum atomic E-state index is -3.94. The molecule has 138 valence electrons. The van der Waals surface area contributed by atoms with Crippen LogP contribution in [0.5, 0.6) is 0 Å². The molecule has 9 heteroatoms. The SMILES string of the molecule is CCC(CC)NC(=O)c1cccc(S(=O)(=O)NC2C=CS(=O)(=O)C2)c1. The normalized spacial score (nSPS) is 19.2. The van der Waals surface area contributed by atoms with Gasteiger partial charge in [0.2, 0.25) is 10.0 Å². The van der Waals surface area contributed by atoms with Crippen molar-refractivity contribution >= 4 is 25.8 Å². The molecule has 0 bridgehead atoms. The number of hydrogen-bond acceptors (Lipinski definition) is 5. The largest absolute Gasteiger partial charge is 0.349 e. The molecule has 1 aliphatic rings. The van der Waals surface area contributed by atoms with E-state index in [2.05, 4.69) is 10.0 Å². The number of rotatable bonds is 7. The molecule has 25 heavy (non-hydrogen) atoms. The molecule has 0 radical (unpaired) electrons. The van der Waals surface area contributed by atoms with Crippen molar-refractivity contribution in [2.75, 3.05) is 5.75 Å². The van der Waals surface area contributed by atoms with Crippen LogP contribution in [0.25, 0.3) is 0 Å². The van der Waals surface area contributed by atoms with E-state index in [4.69, 9.17) is 0 Å². The molecule has 0 saturated heterocycles. The first kappa shape index (κ1) is 19.6. The number of sulfone groups is 1. The number of hydrogen-bond donors (Lipinski definition) is 2. The third kappa shape index (κ3) is 5.13. The van der Waals surface area contributed by atoms with Gasteiger partial charge in [0.05, 0.1) is 16.7 Å². The molecule has 2 N–H and O–H groups in total. The second kappa shape index (κ2) is 7.67. The topological polar surface area (TPSA) is 109 Å². The number of sulfonamides is 1. The molecule has 1 heterocycles. The molecule has 1 unspecified atom stereocenters. The second-order valence-corrected chi connectivity index (χ2v) is 9.55. The Bertz CT molecular complexity index is 872. The average molecular weight is 386 g/mol. The molecular weight excluding hydrogens is 364 g/mol. The lowest BCUT2D eigenvalue weighted by atomic mass is 10.1. The van der Waals surface area contributed by atoms with Crippen LogP contribution in [0, 0.1) is 0 Å². The highest BCUT2D eigenvalue weighted by atomic mass is 32.2. The summed E-state index contributed by atoms with van der Waals surface area (Å²) in [6.07, 6.45) is 2.87. The molecular formula is C16H22N2O5S2. The Morgan fingerprint density at radius 3 is 2.52 bits per heavy atom. The van der Waals surface area contributed by atoms with Gasteiger partial charge in [-0.15, -0.1) is 0 Å². The standard InChI is InChI=1S/C16H22N2O5S2/c1-3-13(4-2)17-16(19)12-6-5-7-15(10-12)25(22,23)18-14-8-9-24(20,21)11-14/h5-10,13-14,18H,3-4,11H2,1-2H3,(H,17,19). The van der Waals surface area contributed by atoms with Gasteiger partial charge in [0.15, 0.2) is 9.84 Å². The van der Waals surface area contributed by atoms with Gasteiger partial charge in [-0.2, -0.15) is 0 Å². The van der Waals surface area contributed by atoms with Gasteiger partial charge in [0.25, 0.3) is 5.91 Å². The molecule has 7 nitrogen and oxygen atoms in total. The summed E-state index contributed by atoms with van der Waals surface area (Å²) in [5.74, 6) is -0.643. The van der Waals surface area contributed by atoms with E-state index in [0.717, 1.165) is 18.2 Å². The minimum Gasteiger partial charge on any atom is -0.349 e. The van der Waals surface area contributed by atoms with Gasteiger partial charge in [-0.25, -0.2) is 21.6 Å². The fraction of sp³-hybridized carbons (Fsp3) is 0.438. The maximum absolute atomic E-state index is 12.4. The van der Waals surface area contributed by atoms with Gasteiger partial charge in [0.1, 0.15) is 0 Å². The van der Waals surface area contributed by atoms with E-state index in [1.807, 2.05) is 13.8 Å². The highest BCUT2D eigenvalue weighted by molar-refractivity contribution is 7.94. The summed E-state index contributed by atoms with van der Waals surface area (Å²) in [7, 11) is -7.30. The van der Waals surface area contributed by atoms with Gasteiger partial charge in [-0.05, 0) is 31.0 Å². The molecule has 1 aliphatic heterocycles. The van der Waals surface area contributed by atoms with Crippen molar-refractivity contribution < 1.29 is 21.6 Å². The molecule has 1 aromatic rings. The van der Waals surface area contributed by atoms with E-state index in [1.165, 1.54) is 30.3 Å². The predicted molar refractivity (Wildman–Crippen MR) is 95.3 cm³/mol. The van der Waals surface area contributed by atoms with E-state index in [9.17, 15) is 21.6 Å². The Hall–Kier alpha value is -1.71. The number of carbonyl (C=O) groups excluding carboxylic acids is 1. The zero-order valence-electron chi connectivity index (χ0n) is 14.1. The molecule has 2 rings (SSSR count). The van der Waals surface area contributed by atoms with E-state index < -0.39 is 25.9 Å². The Morgan fingerprint density at radius 2 is 1.96 bits per heavy atom. The van der Waals surface area contributed by atoms with Crippen LogP contribution in [-0.4, -0.2) is 40.6 Å². The quantitative estimate of drug-likeness (QED) is 0.732. The molecule has 1 atom stereocenters. The highest BCUT2D eigenvalue weighted by Gasteiger charge is 2.27. The summed E-state index contributed by atoms with van der Waals surface area (Å²) in [5, 5.41) is 3.85. The summed E-state index contributed by atoms with van der Waals surface area (Å²) in [4.78, 5) is 12.2. The number of carbonyl (C=O) groups is 1. The van der Waals surface area contributed by atoms with Crippen LogP contribution >= 0.6 is 0 Å². The van der Waals surface area contributed by atoms with E-state index in [1.54, 1.807) is 0 Å². The first-order valence-corrected chi connectivity index (χ1v) is 11.2. The summed E-state index contributed by atoms with van der Waals surface area (Å²) in [5.41, 5.74) is 0.240. The highest BCUT2D eigenvalue weighted by Crippen LogP contribution is 2.15. The monoisotopic (exact) mass is 386 g/mol. The zero-order chi connectivity index (χ0) is 18.7. The van der Waals surface area contributed by atoms with Gasteiger partial charge >= 0.3 is 0 Å². The Kier molecular flexibility index (Phi) is 6.02. The van der Waals surface area contributed by atoms with Crippen molar-refractivity contribution in [1.82, 2.24) is 10.0 Å². The van der Waals surface area contributed by atoms with Crippen LogP contribution in [0.1, 0.15) is 37.0 Å². The van der Waals surface area contributed by atoms with Crippen molar-refractivity contribution in [2.45, 2.75) is 43.7 Å². The van der Waals surface area contributed by atoms with Crippen LogP contribution in [0.2, 0.25) is 0 Å². The van der Waals surface area contributed by atoms with Crippen LogP contribution < -0.4 is 10.0 Å². The summed E-state index contributed by atoms with van der Waals surface area (Å²) >= 11 is 0. The van der Waals surface area contributed by atoms with Gasteiger partial charge < -0.3 is 5.32 Å². The van der Waals surface area contributed by atoms with Crippen molar-refractivity contribution in [3.8, 4) is 0 Å². The van der Waals surface area contributed by atoms with E-state index in [-0.39, 0.29) is 28.2 Å². The summed E-state index contributed by atoms with van der Waals surface area (Å²) < 4.78 is 50.0.